The van der Waals surface area contributed by atoms with Gasteiger partial charge in [-0.25, -0.2) is 13.2 Å². The van der Waals surface area contributed by atoms with Gasteiger partial charge in [0.05, 0.1) is 0 Å². The Kier molecular flexibility index (Phi) is 19.3. The van der Waals surface area contributed by atoms with Gasteiger partial charge in [-0.3, -0.25) is 0 Å². The predicted molar refractivity (Wildman–Crippen MR) is 352 cm³/mol. The molecule has 27 heteroatoms. The molecular formula is C71H78As2F5N10O10+. The Labute approximate surface area is 572 Å². The molecule has 516 valence electrons. The predicted octanol–water partition coefficient (Wildman–Crippen LogP) is 12.5. The number of hydrogen-bond acceptors (Lipinski definition) is 15. The molecule has 9 rings (SSSR count). The van der Waals surface area contributed by atoms with Crippen LogP contribution in [-0.2, 0) is 45.4 Å². The van der Waals surface area contributed by atoms with Crippen molar-refractivity contribution in [3.05, 3.63) is 158 Å². The van der Waals surface area contributed by atoms with E-state index in [4.69, 9.17) is 56.1 Å². The summed E-state index contributed by atoms with van der Waals surface area (Å²) in [7, 11) is 0. The number of nitriles is 4. The molecule has 2 spiro atoms. The minimum absolute atomic E-state index is 0.0918. The molecule has 8 atom stereocenters. The van der Waals surface area contributed by atoms with Crippen LogP contribution < -0.4 is 18.3 Å². The van der Waals surface area contributed by atoms with Gasteiger partial charge < -0.3 is 0 Å². The number of halogens is 5. The summed E-state index contributed by atoms with van der Waals surface area (Å²) in [4.78, 5) is 29.9. The van der Waals surface area contributed by atoms with Crippen molar-refractivity contribution >= 4 is 59.4 Å². The van der Waals surface area contributed by atoms with E-state index in [1.54, 1.807) is 61.5 Å². The number of benzene rings is 3. The number of likely N-dealkylation sites (N-methyl/N-ethyl adjacent to an activating group) is 1. The van der Waals surface area contributed by atoms with E-state index >= 15 is 0 Å². The number of hydrogen-bond donors (Lipinski definition) is 0. The molecule has 0 saturated carbocycles. The molecule has 6 aliphatic rings. The van der Waals surface area contributed by atoms with E-state index in [0.717, 1.165) is 28.2 Å². The van der Waals surface area contributed by atoms with Gasteiger partial charge in [-0.2, -0.15) is 8.78 Å². The first-order valence-corrected chi connectivity index (χ1v) is 39.9. The second kappa shape index (κ2) is 25.4. The number of carbonyl (C=O) groups is 1. The molecule has 0 radical (unpaired) electrons. The van der Waals surface area contributed by atoms with Crippen molar-refractivity contribution in [2.75, 3.05) is 44.2 Å². The number of fused-ring (bicyclic) bond motifs is 2. The van der Waals surface area contributed by atoms with Crippen molar-refractivity contribution in [2.45, 2.75) is 197 Å². The van der Waals surface area contributed by atoms with Gasteiger partial charge in [-0.15, -0.1) is 0 Å². The topological polar surface area (TPSA) is 219 Å². The third kappa shape index (κ3) is 11.2. The third-order valence-corrected chi connectivity index (χ3v) is 37.6. The number of allylic oxidation sites excluding steroid dienone is 6. The summed E-state index contributed by atoms with van der Waals surface area (Å²) in [5.41, 5.74) is -8.67. The van der Waals surface area contributed by atoms with Crippen molar-refractivity contribution in [1.82, 2.24) is 0 Å². The minimum atomic E-state index is -6.22. The second-order valence-electron chi connectivity index (χ2n) is 28.2. The van der Waals surface area contributed by atoms with Gasteiger partial charge >= 0.3 is 519 Å². The van der Waals surface area contributed by atoms with E-state index in [2.05, 4.69) is 71.7 Å². The van der Waals surface area contributed by atoms with Gasteiger partial charge in [0, 0.05) is 0 Å². The zero-order chi connectivity index (χ0) is 72.4. The molecule has 20 nitrogen and oxygen atoms in total. The molecule has 6 heterocycles. The van der Waals surface area contributed by atoms with Crippen LogP contribution in [0.5, 0.6) is 5.75 Å². The van der Waals surface area contributed by atoms with Gasteiger partial charge in [0.25, 0.3) is 0 Å². The molecule has 4 fully saturated rings. The van der Waals surface area contributed by atoms with Crippen LogP contribution >= 0.6 is 0 Å². The van der Waals surface area contributed by atoms with Crippen LogP contribution in [0.25, 0.3) is 19.4 Å². The van der Waals surface area contributed by atoms with Gasteiger partial charge in [-0.05, 0) is 0 Å². The number of esters is 1. The Balaban J connectivity index is 1.10. The van der Waals surface area contributed by atoms with Crippen molar-refractivity contribution in [2.24, 2.45) is 0 Å². The summed E-state index contributed by atoms with van der Waals surface area (Å²) in [5.74, 6) is -14.4. The van der Waals surface area contributed by atoms with E-state index in [1.807, 2.05) is 81.5 Å². The van der Waals surface area contributed by atoms with Crippen LogP contribution in [0.15, 0.2) is 72.5 Å². The number of unbranched alkanes of at least 4 members (excludes halogenated alkanes) is 2. The third-order valence-electron chi connectivity index (χ3n) is 20.8. The maximum atomic E-state index is 14.5. The first-order valence-electron chi connectivity index (χ1n) is 31.9. The molecule has 8 unspecified atom stereocenters. The fourth-order valence-electron chi connectivity index (χ4n) is 14.3. The van der Waals surface area contributed by atoms with E-state index in [1.165, 1.54) is 0 Å². The van der Waals surface area contributed by atoms with Crippen LogP contribution in [0.2, 0.25) is 0 Å². The van der Waals surface area contributed by atoms with Crippen LogP contribution in [0.1, 0.15) is 153 Å². The summed E-state index contributed by atoms with van der Waals surface area (Å²) < 4.78 is 136. The summed E-state index contributed by atoms with van der Waals surface area (Å²) in [6, 6.07) is 19.9. The Morgan fingerprint density at radius 3 is 1.37 bits per heavy atom. The Hall–Kier alpha value is -7.81. The molecular weight excluding hydrogens is 1400 g/mol. The summed E-state index contributed by atoms with van der Waals surface area (Å²) in [5, 5.41) is 41.0. The molecule has 0 aliphatic carbocycles. The Morgan fingerprint density at radius 1 is 0.541 bits per heavy atom. The zero-order valence-electron chi connectivity index (χ0n) is 57.1. The molecule has 3 aromatic carbocycles. The Morgan fingerprint density at radius 2 is 0.939 bits per heavy atom. The first-order chi connectivity index (χ1) is 45.8. The summed E-state index contributed by atoms with van der Waals surface area (Å²) in [6.45, 7) is 55.5. The van der Waals surface area contributed by atoms with Crippen LogP contribution in [0, 0.1) is 101 Å². The number of carbonyl (C=O) groups excluding carboxylic acids is 1. The monoisotopic (exact) mass is 1480 g/mol. The normalized spacial score (nSPS) is 32.0. The van der Waals surface area contributed by atoms with Gasteiger partial charge in [0.2, 0.25) is 34.8 Å². The standard InChI is InChI=1S/C71H78As2F5N10O10/c1-18-87-51-30-28-47(72(91-64(6,32-36-79)65(7,92-72)33-37-80)93-66(8,34-38-81)68(10,95-72)43-83-14)41-49(51)62(2,3)53(87)25-21-19-22-26-54-63(4,5)50-42-48(29-31-52(50)88(54)40-24-20-23-27-55(89)90-61-59(77)57(75)56(74)58(76)60(61)78)73(94-67(9,35-39-82)69(11,96-73)44-84-15)97-70(12,45-85-16)71(13,98-73)46-86-17/h19,21-22,25-26,28-31,41-42H,18,20,23-24,27,32-35,40,43-46H2,1-13H3/q+1. The zero-order valence-corrected chi connectivity index (χ0v) is 60.8. The van der Waals surface area contributed by atoms with Gasteiger partial charge in [0.15, 0.2) is 0 Å². The molecule has 98 heavy (non-hydrogen) atoms. The number of nitrogens with zero attached hydrogens (tertiary/aromatic N) is 10. The summed E-state index contributed by atoms with van der Waals surface area (Å²) >= 11 is -12.3. The van der Waals surface area contributed by atoms with Crippen molar-refractivity contribution in [3.8, 4) is 30.0 Å². The van der Waals surface area contributed by atoms with Crippen LogP contribution in [-0.4, -0.2) is 128 Å². The van der Waals surface area contributed by atoms with E-state index < -0.39 is 130 Å². The molecule has 0 amide bonds. The van der Waals surface area contributed by atoms with Crippen LogP contribution in [0.3, 0.4) is 0 Å². The fraction of sp³-hybridized carbons (Fsp3) is 0.521. The molecule has 0 aromatic heterocycles. The second-order valence-corrected chi connectivity index (χ2v) is 40.3. The SMILES string of the molecule is [C-]#[N+]CC1(C)O[As]2(c3ccc4c(c3)C(C)(C)/C(=C/C=C/C=C/C3=[N+](CCCCCC(=O)Oc5c(F)c(F)c(F)c(F)c5F)c5ccc([As]67(OC(C)(CC#N)C(C)(C[N+]#[C-])O6)OC(C)(C[N+]#[C-])C(C)(C[N+]#[C-])O7)cc5C3(C)C)N4CC)(OC(C)(CC#N)C(C)(CC#N)O2)OC1(C)CC#N. The molecule has 4 saturated heterocycles. The van der Waals surface area contributed by atoms with Crippen molar-refractivity contribution < 1.29 is 65.9 Å². The average molecular weight is 1480 g/mol. The van der Waals surface area contributed by atoms with E-state index in [-0.39, 0.29) is 58.3 Å². The Bertz CT molecular complexity index is 4070. The van der Waals surface area contributed by atoms with Crippen molar-refractivity contribution in [1.29, 1.82) is 21.0 Å². The van der Waals surface area contributed by atoms with Crippen LogP contribution in [0.4, 0.5) is 33.3 Å². The number of rotatable bonds is 21. The summed E-state index contributed by atoms with van der Waals surface area (Å²) in [6.07, 6.45) is 9.08. The van der Waals surface area contributed by atoms with Crippen molar-refractivity contribution in [3.63, 3.8) is 0 Å². The molecule has 6 aliphatic heterocycles. The maximum absolute atomic E-state index is 14.5. The van der Waals surface area contributed by atoms with E-state index in [0.29, 0.717) is 40.3 Å². The fourth-order valence-corrected chi connectivity index (χ4v) is 35.7. The average Bonchev–Trinajstić information content (AvgIpc) is 1.49. The molecule has 0 N–H and O–H groups in total. The quantitative estimate of drug-likeness (QED) is 0.00925. The van der Waals surface area contributed by atoms with E-state index in [9.17, 15) is 47.8 Å². The molecule has 3 aromatic rings. The number of ether oxygens (including phenoxy) is 1. The molecule has 0 bridgehead atoms. The first kappa shape index (κ1) is 74.4. The van der Waals surface area contributed by atoms with Gasteiger partial charge in [-0.1, -0.05) is 0 Å². The number of anilines is 1. The van der Waals surface area contributed by atoms with Gasteiger partial charge in [0.1, 0.15) is 0 Å².